The van der Waals surface area contributed by atoms with Crippen LogP contribution in [0.5, 0.6) is 5.75 Å². The van der Waals surface area contributed by atoms with Gasteiger partial charge in [0.1, 0.15) is 5.75 Å². The second-order valence-corrected chi connectivity index (χ2v) is 3.89. The monoisotopic (exact) mass is 226 g/mol. The molecule has 0 saturated heterocycles. The first-order chi connectivity index (χ1) is 7.33. The predicted molar refractivity (Wildman–Crippen MR) is 61.6 cm³/mol. The fourth-order valence-electron chi connectivity index (χ4n) is 0.942. The fourth-order valence-corrected chi connectivity index (χ4v) is 1.56. The average Bonchev–Trinajstić information content (AvgIpc) is 2.29. The quantitative estimate of drug-likeness (QED) is 0.326. The molecule has 15 heavy (non-hydrogen) atoms. The summed E-state index contributed by atoms with van der Waals surface area (Å²) in [5.74, 6) is 6.75. The highest BCUT2D eigenvalue weighted by molar-refractivity contribution is 7.99. The molecule has 1 aromatic carbocycles. The second-order valence-electron chi connectivity index (χ2n) is 2.78. The maximum absolute atomic E-state index is 10.7. The second kappa shape index (κ2) is 7.14. The minimum absolute atomic E-state index is 0.167. The number of amides is 1. The number of nitrogens with two attached hydrogens (primary N) is 1. The van der Waals surface area contributed by atoms with Crippen LogP contribution >= 0.6 is 11.8 Å². The third kappa shape index (κ3) is 5.29. The van der Waals surface area contributed by atoms with Crippen molar-refractivity contribution in [2.45, 2.75) is 0 Å². The van der Waals surface area contributed by atoms with Crippen LogP contribution in [0.25, 0.3) is 0 Å². The molecule has 1 amide bonds. The van der Waals surface area contributed by atoms with Crippen LogP contribution in [0.15, 0.2) is 30.3 Å². The number of rotatable bonds is 6. The van der Waals surface area contributed by atoms with E-state index in [1.165, 1.54) is 11.8 Å². The van der Waals surface area contributed by atoms with E-state index in [4.69, 9.17) is 10.6 Å². The van der Waals surface area contributed by atoms with Gasteiger partial charge < -0.3 is 4.74 Å². The zero-order valence-corrected chi connectivity index (χ0v) is 9.13. The van der Waals surface area contributed by atoms with Crippen LogP contribution in [0.2, 0.25) is 0 Å². The zero-order chi connectivity index (χ0) is 10.9. The first kappa shape index (κ1) is 11.9. The van der Waals surface area contributed by atoms with Gasteiger partial charge in [0.2, 0.25) is 5.91 Å². The Bertz CT molecular complexity index is 293. The van der Waals surface area contributed by atoms with Crippen LogP contribution in [0.1, 0.15) is 0 Å². The molecule has 82 valence electrons. The molecule has 3 N–H and O–H groups in total. The average molecular weight is 226 g/mol. The molecule has 0 spiro atoms. The van der Waals surface area contributed by atoms with Crippen molar-refractivity contribution in [1.29, 1.82) is 0 Å². The summed E-state index contributed by atoms with van der Waals surface area (Å²) in [6, 6.07) is 9.58. The Morgan fingerprint density at radius 3 is 2.80 bits per heavy atom. The Labute approximate surface area is 93.1 Å². The topological polar surface area (TPSA) is 64.3 Å². The molecule has 0 aromatic heterocycles. The minimum Gasteiger partial charge on any atom is -0.493 e. The number of hydrogen-bond donors (Lipinski definition) is 2. The number of para-hydroxylation sites is 1. The molecule has 0 aliphatic heterocycles. The predicted octanol–water partition coefficient (Wildman–Crippen LogP) is 0.788. The van der Waals surface area contributed by atoms with Crippen molar-refractivity contribution < 1.29 is 9.53 Å². The molecule has 0 unspecified atom stereocenters. The molecule has 0 aliphatic carbocycles. The number of ether oxygens (including phenoxy) is 1. The first-order valence-corrected chi connectivity index (χ1v) is 5.73. The highest BCUT2D eigenvalue weighted by atomic mass is 32.2. The van der Waals surface area contributed by atoms with Crippen molar-refractivity contribution in [1.82, 2.24) is 5.43 Å². The molecule has 0 atom stereocenters. The number of benzene rings is 1. The summed E-state index contributed by atoms with van der Waals surface area (Å²) >= 11 is 1.49. The van der Waals surface area contributed by atoms with Crippen LogP contribution in [0, 0.1) is 0 Å². The molecule has 0 radical (unpaired) electrons. The summed E-state index contributed by atoms with van der Waals surface area (Å²) in [5.41, 5.74) is 2.07. The van der Waals surface area contributed by atoms with E-state index in [1.54, 1.807) is 0 Å². The van der Waals surface area contributed by atoms with Gasteiger partial charge in [0, 0.05) is 5.75 Å². The molecule has 0 aliphatic rings. The Hall–Kier alpha value is -1.20. The Balaban J connectivity index is 2.05. The van der Waals surface area contributed by atoms with Gasteiger partial charge >= 0.3 is 0 Å². The fraction of sp³-hybridized carbons (Fsp3) is 0.300. The van der Waals surface area contributed by atoms with Crippen LogP contribution in [0.3, 0.4) is 0 Å². The van der Waals surface area contributed by atoms with Gasteiger partial charge in [-0.1, -0.05) is 18.2 Å². The lowest BCUT2D eigenvalue weighted by molar-refractivity contribution is -0.118. The lowest BCUT2D eigenvalue weighted by Gasteiger charge is -2.04. The number of carbonyl (C=O) groups excluding carboxylic acids is 1. The van der Waals surface area contributed by atoms with Gasteiger partial charge in [-0.3, -0.25) is 10.2 Å². The summed E-state index contributed by atoms with van der Waals surface area (Å²) in [6.07, 6.45) is 0. The molecule has 5 heteroatoms. The largest absolute Gasteiger partial charge is 0.493 e. The SMILES string of the molecule is NNC(=O)CSCCOc1ccccc1. The lowest BCUT2D eigenvalue weighted by Crippen LogP contribution is -2.31. The van der Waals surface area contributed by atoms with Gasteiger partial charge in [0.15, 0.2) is 0 Å². The molecule has 4 nitrogen and oxygen atoms in total. The number of hydrogen-bond acceptors (Lipinski definition) is 4. The number of thioether (sulfide) groups is 1. The summed E-state index contributed by atoms with van der Waals surface area (Å²) < 4.78 is 5.44. The molecule has 0 saturated carbocycles. The highest BCUT2D eigenvalue weighted by Gasteiger charge is 1.98. The van der Waals surface area contributed by atoms with Gasteiger partial charge in [-0.2, -0.15) is 0 Å². The van der Waals surface area contributed by atoms with E-state index in [0.29, 0.717) is 12.4 Å². The Morgan fingerprint density at radius 1 is 1.40 bits per heavy atom. The Morgan fingerprint density at radius 2 is 2.13 bits per heavy atom. The van der Waals surface area contributed by atoms with Crippen molar-refractivity contribution in [3.05, 3.63) is 30.3 Å². The van der Waals surface area contributed by atoms with Crippen molar-refractivity contribution >= 4 is 17.7 Å². The van der Waals surface area contributed by atoms with Gasteiger partial charge in [0.05, 0.1) is 12.4 Å². The van der Waals surface area contributed by atoms with E-state index < -0.39 is 0 Å². The van der Waals surface area contributed by atoms with Gasteiger partial charge in [0.25, 0.3) is 0 Å². The van der Waals surface area contributed by atoms with Gasteiger partial charge in [-0.05, 0) is 12.1 Å². The van der Waals surface area contributed by atoms with Crippen LogP contribution < -0.4 is 16.0 Å². The van der Waals surface area contributed by atoms with E-state index in [9.17, 15) is 4.79 Å². The first-order valence-electron chi connectivity index (χ1n) is 4.58. The van der Waals surface area contributed by atoms with E-state index in [-0.39, 0.29) is 5.91 Å². The smallest absolute Gasteiger partial charge is 0.243 e. The highest BCUT2D eigenvalue weighted by Crippen LogP contribution is 2.09. The number of hydrazine groups is 1. The van der Waals surface area contributed by atoms with E-state index in [1.807, 2.05) is 30.3 Å². The minimum atomic E-state index is -0.167. The molecular formula is C10H14N2O2S. The molecule has 0 heterocycles. The van der Waals surface area contributed by atoms with Crippen LogP contribution in [-0.4, -0.2) is 24.0 Å². The molecule has 0 fully saturated rings. The lowest BCUT2D eigenvalue weighted by atomic mass is 10.3. The maximum atomic E-state index is 10.7. The van der Waals surface area contributed by atoms with Crippen molar-refractivity contribution in [3.8, 4) is 5.75 Å². The standard InChI is InChI=1S/C10H14N2O2S/c11-12-10(13)8-15-7-6-14-9-4-2-1-3-5-9/h1-5H,6-8,11H2,(H,12,13). The van der Waals surface area contributed by atoms with Gasteiger partial charge in [-0.25, -0.2) is 5.84 Å². The summed E-state index contributed by atoms with van der Waals surface area (Å²) in [4.78, 5) is 10.7. The third-order valence-electron chi connectivity index (χ3n) is 1.63. The van der Waals surface area contributed by atoms with Gasteiger partial charge in [-0.15, -0.1) is 11.8 Å². The van der Waals surface area contributed by atoms with Crippen LogP contribution in [0.4, 0.5) is 0 Å². The van der Waals surface area contributed by atoms with Crippen LogP contribution in [-0.2, 0) is 4.79 Å². The molecule has 1 aromatic rings. The maximum Gasteiger partial charge on any atom is 0.243 e. The molecule has 1 rings (SSSR count). The summed E-state index contributed by atoms with van der Waals surface area (Å²) in [6.45, 7) is 0.590. The van der Waals surface area contributed by atoms with Crippen molar-refractivity contribution in [3.63, 3.8) is 0 Å². The zero-order valence-electron chi connectivity index (χ0n) is 8.31. The van der Waals surface area contributed by atoms with E-state index in [0.717, 1.165) is 11.5 Å². The van der Waals surface area contributed by atoms with Crippen molar-refractivity contribution in [2.75, 3.05) is 18.1 Å². The number of nitrogens with one attached hydrogen (secondary N) is 1. The summed E-state index contributed by atoms with van der Waals surface area (Å²) in [5, 5.41) is 0. The van der Waals surface area contributed by atoms with E-state index in [2.05, 4.69) is 5.43 Å². The summed E-state index contributed by atoms with van der Waals surface area (Å²) in [7, 11) is 0. The van der Waals surface area contributed by atoms with Crippen molar-refractivity contribution in [2.24, 2.45) is 5.84 Å². The normalized spacial score (nSPS) is 9.67. The Kier molecular flexibility index (Phi) is 5.65. The van der Waals surface area contributed by atoms with E-state index >= 15 is 0 Å². The number of carbonyl (C=O) groups is 1. The molecular weight excluding hydrogens is 212 g/mol. The third-order valence-corrected chi connectivity index (χ3v) is 2.56. The molecule has 0 bridgehead atoms.